The minimum absolute atomic E-state index is 0.0160. The molecule has 7 heteroatoms. The highest BCUT2D eigenvalue weighted by Crippen LogP contribution is 2.41. The van der Waals surface area contributed by atoms with E-state index in [0.29, 0.717) is 5.00 Å². The Kier molecular flexibility index (Phi) is 5.84. The summed E-state index contributed by atoms with van der Waals surface area (Å²) in [6.07, 6.45) is 1.82. The Morgan fingerprint density at radius 2 is 1.80 bits per heavy atom. The van der Waals surface area contributed by atoms with Gasteiger partial charge >= 0.3 is 0 Å². The van der Waals surface area contributed by atoms with Gasteiger partial charge in [-0.3, -0.25) is 0 Å². The fraction of sp³-hybridized carbons (Fsp3) is 0.615. The first-order valence-electron chi connectivity index (χ1n) is 6.72. The van der Waals surface area contributed by atoms with Crippen LogP contribution in [0.3, 0.4) is 0 Å². The van der Waals surface area contributed by atoms with E-state index in [1.165, 1.54) is 11.3 Å². The summed E-state index contributed by atoms with van der Waals surface area (Å²) in [5.41, 5.74) is 5.99. The monoisotopic (exact) mass is 315 g/mol. The molecule has 0 aliphatic carbocycles. The molecular weight excluding hydrogens is 294 g/mol. The summed E-state index contributed by atoms with van der Waals surface area (Å²) in [6.45, 7) is 7.18. The van der Waals surface area contributed by atoms with Crippen molar-refractivity contribution >= 4 is 31.9 Å². The number of rotatable bonds is 7. The van der Waals surface area contributed by atoms with Crippen LogP contribution in [0.1, 0.15) is 38.5 Å². The Bertz CT molecular complexity index is 594. The first-order chi connectivity index (χ1) is 9.42. The third-order valence-corrected chi connectivity index (χ3v) is 6.04. The first-order valence-corrected chi connectivity index (χ1v) is 9.19. The van der Waals surface area contributed by atoms with Gasteiger partial charge in [-0.25, -0.2) is 8.42 Å². The molecule has 0 fully saturated rings. The maximum Gasteiger partial charge on any atom is 0.183 e. The number of hydrogen-bond acceptors (Lipinski definition) is 6. The fourth-order valence-electron chi connectivity index (χ4n) is 2.01. The summed E-state index contributed by atoms with van der Waals surface area (Å²) in [7, 11) is -3.44. The number of anilines is 2. The molecule has 0 aliphatic rings. The highest BCUT2D eigenvalue weighted by molar-refractivity contribution is 7.91. The van der Waals surface area contributed by atoms with E-state index in [4.69, 9.17) is 11.0 Å². The number of nitrogens with zero attached hydrogens (tertiary/aromatic N) is 2. The van der Waals surface area contributed by atoms with E-state index >= 15 is 0 Å². The zero-order valence-corrected chi connectivity index (χ0v) is 13.8. The number of hydrogen-bond donors (Lipinski definition) is 1. The van der Waals surface area contributed by atoms with Crippen molar-refractivity contribution in [3.63, 3.8) is 0 Å². The summed E-state index contributed by atoms with van der Waals surface area (Å²) in [5.74, 6) is -0.0160. The summed E-state index contributed by atoms with van der Waals surface area (Å²) >= 11 is 1.18. The zero-order valence-electron chi connectivity index (χ0n) is 12.1. The maximum absolute atomic E-state index is 12.3. The van der Waals surface area contributed by atoms with Crippen LogP contribution in [-0.2, 0) is 9.84 Å². The minimum Gasteiger partial charge on any atom is -0.396 e. The topological polar surface area (TPSA) is 87.2 Å². The number of nitriles is 1. The van der Waals surface area contributed by atoms with Gasteiger partial charge in [0.15, 0.2) is 9.84 Å². The van der Waals surface area contributed by atoms with Gasteiger partial charge in [0.1, 0.15) is 20.8 Å². The molecule has 5 nitrogen and oxygen atoms in total. The molecule has 20 heavy (non-hydrogen) atoms. The third kappa shape index (κ3) is 3.25. The molecule has 1 aromatic heterocycles. The van der Waals surface area contributed by atoms with Crippen molar-refractivity contribution in [3.05, 3.63) is 4.88 Å². The molecule has 0 bridgehead atoms. The molecule has 1 aromatic rings. The Labute approximate surface area is 124 Å². The Balaban J connectivity index is 3.49. The normalized spacial score (nSPS) is 11.3. The highest BCUT2D eigenvalue weighted by Gasteiger charge is 2.28. The largest absolute Gasteiger partial charge is 0.396 e. The lowest BCUT2D eigenvalue weighted by molar-refractivity contribution is 0.597. The number of nitrogen functional groups attached to an aromatic ring is 1. The minimum atomic E-state index is -3.44. The van der Waals surface area contributed by atoms with Gasteiger partial charge in [0.05, 0.1) is 11.4 Å². The predicted octanol–water partition coefficient (Wildman–Crippen LogP) is 2.62. The van der Waals surface area contributed by atoms with Gasteiger partial charge in [0.2, 0.25) is 0 Å². The van der Waals surface area contributed by atoms with Crippen LogP contribution in [0.15, 0.2) is 4.90 Å². The second-order valence-electron chi connectivity index (χ2n) is 4.48. The van der Waals surface area contributed by atoms with Crippen molar-refractivity contribution in [2.45, 2.75) is 38.5 Å². The van der Waals surface area contributed by atoms with Crippen LogP contribution in [0.4, 0.5) is 10.7 Å². The van der Waals surface area contributed by atoms with E-state index in [1.54, 1.807) is 6.92 Å². The molecule has 0 aromatic carbocycles. The van der Waals surface area contributed by atoms with Crippen LogP contribution in [-0.4, -0.2) is 27.3 Å². The van der Waals surface area contributed by atoms with E-state index in [1.807, 2.05) is 24.8 Å². The third-order valence-electron chi connectivity index (χ3n) is 2.95. The molecule has 0 saturated heterocycles. The molecule has 0 atom stereocenters. The van der Waals surface area contributed by atoms with Gasteiger partial charge < -0.3 is 10.6 Å². The SMILES string of the molecule is CCCN(CCC)c1sc(C#N)c(N)c1S(=O)(=O)CC. The van der Waals surface area contributed by atoms with E-state index in [0.717, 1.165) is 25.9 Å². The number of sulfone groups is 1. The molecule has 0 amide bonds. The van der Waals surface area contributed by atoms with Crippen LogP contribution in [0.2, 0.25) is 0 Å². The van der Waals surface area contributed by atoms with Crippen molar-refractivity contribution < 1.29 is 8.42 Å². The molecular formula is C13H21N3O2S2. The van der Waals surface area contributed by atoms with Crippen LogP contribution in [0.5, 0.6) is 0 Å². The van der Waals surface area contributed by atoms with E-state index in [2.05, 4.69) is 0 Å². The highest BCUT2D eigenvalue weighted by atomic mass is 32.2. The molecule has 112 valence electrons. The predicted molar refractivity (Wildman–Crippen MR) is 84.0 cm³/mol. The second-order valence-corrected chi connectivity index (χ2v) is 7.70. The number of nitrogens with two attached hydrogens (primary N) is 1. The Morgan fingerprint density at radius 1 is 1.25 bits per heavy atom. The lowest BCUT2D eigenvalue weighted by Crippen LogP contribution is -2.25. The van der Waals surface area contributed by atoms with Gasteiger partial charge in [0.25, 0.3) is 0 Å². The van der Waals surface area contributed by atoms with Crippen molar-refractivity contribution in [2.75, 3.05) is 29.5 Å². The van der Waals surface area contributed by atoms with Crippen molar-refractivity contribution in [1.29, 1.82) is 5.26 Å². The van der Waals surface area contributed by atoms with Gasteiger partial charge in [-0.15, -0.1) is 11.3 Å². The lowest BCUT2D eigenvalue weighted by Gasteiger charge is -2.23. The van der Waals surface area contributed by atoms with E-state index < -0.39 is 9.84 Å². The summed E-state index contributed by atoms with van der Waals surface area (Å²) in [4.78, 5) is 2.44. The average Bonchev–Trinajstić information content (AvgIpc) is 2.76. The van der Waals surface area contributed by atoms with Gasteiger partial charge in [-0.2, -0.15) is 5.26 Å². The Hall–Kier alpha value is -1.26. The molecule has 1 rings (SSSR count). The van der Waals surface area contributed by atoms with Gasteiger partial charge in [0, 0.05) is 13.1 Å². The Morgan fingerprint density at radius 3 is 2.20 bits per heavy atom. The van der Waals surface area contributed by atoms with Crippen molar-refractivity contribution in [2.24, 2.45) is 0 Å². The molecule has 0 saturated carbocycles. The standard InChI is InChI=1S/C13H21N3O2S2/c1-4-7-16(8-5-2)13-12(20(17,18)6-3)11(15)10(9-14)19-13/h4-8,15H2,1-3H3. The van der Waals surface area contributed by atoms with Crippen LogP contribution < -0.4 is 10.6 Å². The lowest BCUT2D eigenvalue weighted by atomic mass is 10.3. The van der Waals surface area contributed by atoms with E-state index in [9.17, 15) is 8.42 Å². The molecule has 0 spiro atoms. The van der Waals surface area contributed by atoms with Crippen LogP contribution in [0, 0.1) is 11.3 Å². The molecule has 1 heterocycles. The zero-order chi connectivity index (χ0) is 15.3. The fourth-order valence-corrected chi connectivity index (χ4v) is 4.66. The second kappa shape index (κ2) is 6.95. The molecule has 0 unspecified atom stereocenters. The van der Waals surface area contributed by atoms with E-state index in [-0.39, 0.29) is 21.2 Å². The number of thiophene rings is 1. The summed E-state index contributed by atoms with van der Waals surface area (Å²) in [5, 5.41) is 9.72. The first kappa shape index (κ1) is 16.8. The molecule has 0 radical (unpaired) electrons. The van der Waals surface area contributed by atoms with Gasteiger partial charge in [-0.1, -0.05) is 20.8 Å². The van der Waals surface area contributed by atoms with Crippen LogP contribution >= 0.6 is 11.3 Å². The summed E-state index contributed by atoms with van der Waals surface area (Å²) in [6, 6.07) is 1.99. The quantitative estimate of drug-likeness (QED) is 0.835. The van der Waals surface area contributed by atoms with Gasteiger partial charge in [-0.05, 0) is 12.8 Å². The maximum atomic E-state index is 12.3. The molecule has 2 N–H and O–H groups in total. The summed E-state index contributed by atoms with van der Waals surface area (Å²) < 4.78 is 24.6. The average molecular weight is 315 g/mol. The smallest absolute Gasteiger partial charge is 0.183 e. The van der Waals surface area contributed by atoms with Crippen molar-refractivity contribution in [3.8, 4) is 6.07 Å². The molecule has 0 aliphatic heterocycles. The van der Waals surface area contributed by atoms with Crippen LogP contribution in [0.25, 0.3) is 0 Å². The van der Waals surface area contributed by atoms with Crippen molar-refractivity contribution in [1.82, 2.24) is 0 Å².